The Morgan fingerprint density at radius 1 is 1.17 bits per heavy atom. The third-order valence-corrected chi connectivity index (χ3v) is 7.73. The second-order valence-electron chi connectivity index (χ2n) is 11.9. The molecule has 42 heavy (non-hydrogen) atoms. The van der Waals surface area contributed by atoms with Gasteiger partial charge in [0.05, 0.1) is 34.9 Å². The Kier molecular flexibility index (Phi) is 8.31. The molecule has 0 radical (unpaired) electrons. The fourth-order valence-electron chi connectivity index (χ4n) is 5.23. The van der Waals surface area contributed by atoms with Gasteiger partial charge in [-0.15, -0.1) is 0 Å². The fraction of sp³-hybridized carbons (Fsp3) is 0.467. The average molecular weight is 578 g/mol. The second kappa shape index (κ2) is 11.8. The first-order valence-electron chi connectivity index (χ1n) is 14.2. The van der Waals surface area contributed by atoms with Crippen LogP contribution in [0.3, 0.4) is 0 Å². The quantitative estimate of drug-likeness (QED) is 0.313. The minimum atomic E-state index is -1.09. The van der Waals surface area contributed by atoms with Crippen LogP contribution >= 0.6 is 0 Å². The number of aliphatic hydroxyl groups is 1. The number of aromatic nitrogens is 5. The van der Waals surface area contributed by atoms with E-state index in [2.05, 4.69) is 55.2 Å². The summed E-state index contributed by atoms with van der Waals surface area (Å²) in [6.07, 6.45) is 2.94. The molecule has 224 valence electrons. The maximum Gasteiger partial charge on any atom is 0.261 e. The molecule has 12 heteroatoms. The van der Waals surface area contributed by atoms with Gasteiger partial charge in [0.25, 0.3) is 5.91 Å². The van der Waals surface area contributed by atoms with Crippen LogP contribution in [0.4, 0.5) is 16.0 Å². The number of halogens is 1. The number of hydrogen-bond acceptors (Lipinski definition) is 8. The van der Waals surface area contributed by atoms with E-state index in [1.165, 1.54) is 18.5 Å². The summed E-state index contributed by atoms with van der Waals surface area (Å²) in [4.78, 5) is 29.3. The highest BCUT2D eigenvalue weighted by molar-refractivity contribution is 6.05. The van der Waals surface area contributed by atoms with Gasteiger partial charge in [-0.3, -0.25) is 24.7 Å². The lowest BCUT2D eigenvalue weighted by molar-refractivity contribution is 0.0630. The van der Waals surface area contributed by atoms with Crippen molar-refractivity contribution in [1.29, 1.82) is 0 Å². The number of pyridine rings is 1. The predicted molar refractivity (Wildman–Crippen MR) is 162 cm³/mol. The molecule has 1 aliphatic rings. The lowest BCUT2D eigenvalue weighted by atomic mass is 10.1. The zero-order valence-corrected chi connectivity index (χ0v) is 25.2. The number of rotatable bonds is 9. The highest BCUT2D eigenvalue weighted by Crippen LogP contribution is 2.29. The van der Waals surface area contributed by atoms with Gasteiger partial charge in [0.1, 0.15) is 5.69 Å². The van der Waals surface area contributed by atoms with Gasteiger partial charge in [-0.25, -0.2) is 9.37 Å². The summed E-state index contributed by atoms with van der Waals surface area (Å²) in [7, 11) is 5.94. The summed E-state index contributed by atoms with van der Waals surface area (Å²) in [6.45, 7) is 11.2. The number of hydrogen-bond donors (Lipinski definition) is 2. The van der Waals surface area contributed by atoms with Gasteiger partial charge in [0.2, 0.25) is 5.95 Å². The number of anilines is 2. The van der Waals surface area contributed by atoms with Crippen molar-refractivity contribution in [3.63, 3.8) is 0 Å². The number of amides is 1. The molecule has 1 fully saturated rings. The molecule has 0 aliphatic carbocycles. The van der Waals surface area contributed by atoms with Crippen LogP contribution in [0.1, 0.15) is 29.9 Å². The molecule has 1 saturated heterocycles. The monoisotopic (exact) mass is 577 g/mol. The van der Waals surface area contributed by atoms with Crippen LogP contribution < -0.4 is 10.2 Å². The molecule has 4 aromatic rings. The number of imidazole rings is 1. The van der Waals surface area contributed by atoms with E-state index in [9.17, 15) is 9.90 Å². The highest BCUT2D eigenvalue weighted by atomic mass is 19.1. The van der Waals surface area contributed by atoms with Crippen LogP contribution in [-0.4, -0.2) is 104 Å². The van der Waals surface area contributed by atoms with Crippen molar-refractivity contribution in [2.75, 3.05) is 63.6 Å². The first-order chi connectivity index (χ1) is 19.9. The molecule has 0 saturated carbocycles. The Bertz CT molecular complexity index is 1580. The van der Waals surface area contributed by atoms with Crippen LogP contribution in [0, 0.1) is 12.7 Å². The normalized spacial score (nSPS) is 14.7. The van der Waals surface area contributed by atoms with E-state index in [0.29, 0.717) is 11.1 Å². The number of fused-ring (bicyclic) bond motifs is 1. The predicted octanol–water partition coefficient (Wildman–Crippen LogP) is 2.99. The van der Waals surface area contributed by atoms with E-state index >= 15 is 4.39 Å². The van der Waals surface area contributed by atoms with Gasteiger partial charge < -0.3 is 19.5 Å². The lowest BCUT2D eigenvalue weighted by Crippen LogP contribution is -2.48. The minimum absolute atomic E-state index is 0.0599. The van der Waals surface area contributed by atoms with Gasteiger partial charge in [-0.05, 0) is 59.1 Å². The smallest absolute Gasteiger partial charge is 0.261 e. The number of nitrogens with one attached hydrogen (secondary N) is 1. The molecule has 11 nitrogen and oxygen atoms in total. The molecule has 2 N–H and O–H groups in total. The number of carbonyl (C=O) groups excluding carboxylic acids is 1. The standard InChI is InChI=1S/C30H40FN9O2/c1-20-23(18-33-37(20)6)27-26(31)22(9-10-32-27)28(41)35-29-34-24-8-7-21(17-25(24)40(29)19-30(2,3)42)39-15-13-38(14-16-39)12-11-36(4)5/h7-10,17-18,42H,11-16,19H2,1-6H3,(H,34,35,41). The molecule has 0 spiro atoms. The van der Waals surface area contributed by atoms with Crippen LogP contribution in [-0.2, 0) is 13.6 Å². The van der Waals surface area contributed by atoms with Gasteiger partial charge in [0.15, 0.2) is 5.82 Å². The van der Waals surface area contributed by atoms with E-state index in [1.54, 1.807) is 30.1 Å². The average Bonchev–Trinajstić information content (AvgIpc) is 3.44. The Balaban J connectivity index is 1.42. The molecular weight excluding hydrogens is 537 g/mol. The number of piperazine rings is 1. The maximum atomic E-state index is 15.6. The van der Waals surface area contributed by atoms with Crippen molar-refractivity contribution in [3.05, 3.63) is 53.7 Å². The van der Waals surface area contributed by atoms with Crippen molar-refractivity contribution in [2.45, 2.75) is 32.9 Å². The molecular formula is C30H40FN9O2. The molecule has 0 atom stereocenters. The summed E-state index contributed by atoms with van der Waals surface area (Å²) in [5.41, 5.74) is 2.57. The lowest BCUT2D eigenvalue weighted by Gasteiger charge is -2.36. The second-order valence-corrected chi connectivity index (χ2v) is 11.9. The fourth-order valence-corrected chi connectivity index (χ4v) is 5.23. The van der Waals surface area contributed by atoms with Crippen LogP contribution in [0.2, 0.25) is 0 Å². The molecule has 4 heterocycles. The molecule has 3 aromatic heterocycles. The van der Waals surface area contributed by atoms with Crippen LogP contribution in [0.25, 0.3) is 22.3 Å². The Hall–Kier alpha value is -3.87. The third kappa shape index (κ3) is 6.30. The highest BCUT2D eigenvalue weighted by Gasteiger charge is 2.25. The SMILES string of the molecule is Cc1c(-c2nccc(C(=O)Nc3nc4ccc(N5CCN(CCN(C)C)CC5)cc4n3CC(C)(C)O)c2F)cnn1C. The Morgan fingerprint density at radius 2 is 1.90 bits per heavy atom. The van der Waals surface area contributed by atoms with Crippen molar-refractivity contribution in [3.8, 4) is 11.3 Å². The van der Waals surface area contributed by atoms with Gasteiger partial charge in [0, 0.05) is 69.5 Å². The summed E-state index contributed by atoms with van der Waals surface area (Å²) in [5.74, 6) is -1.15. The Labute approximate surface area is 245 Å². The van der Waals surface area contributed by atoms with Crippen LogP contribution in [0.5, 0.6) is 0 Å². The number of likely N-dealkylation sites (N-methyl/N-ethyl adjacent to an activating group) is 1. The number of aryl methyl sites for hydroxylation is 1. The topological polar surface area (TPSA) is 108 Å². The first-order valence-corrected chi connectivity index (χ1v) is 14.2. The molecule has 0 bridgehead atoms. The number of nitrogens with zero attached hydrogens (tertiary/aromatic N) is 8. The van der Waals surface area contributed by atoms with Crippen molar-refractivity contribution in [1.82, 2.24) is 34.1 Å². The summed E-state index contributed by atoms with van der Waals surface area (Å²) < 4.78 is 19.0. The van der Waals surface area contributed by atoms with Crippen molar-refractivity contribution >= 4 is 28.6 Å². The van der Waals surface area contributed by atoms with Crippen LogP contribution in [0.15, 0.2) is 36.7 Å². The summed E-state index contributed by atoms with van der Waals surface area (Å²) >= 11 is 0. The molecule has 1 amide bonds. The van der Waals surface area contributed by atoms with E-state index in [-0.39, 0.29) is 23.8 Å². The van der Waals surface area contributed by atoms with Gasteiger partial charge in [-0.1, -0.05) is 0 Å². The third-order valence-electron chi connectivity index (χ3n) is 7.73. The zero-order valence-electron chi connectivity index (χ0n) is 25.2. The zero-order chi connectivity index (χ0) is 30.2. The van der Waals surface area contributed by atoms with Crippen molar-refractivity contribution in [2.24, 2.45) is 7.05 Å². The molecule has 5 rings (SSSR count). The largest absolute Gasteiger partial charge is 0.389 e. The van der Waals surface area contributed by atoms with Crippen molar-refractivity contribution < 1.29 is 14.3 Å². The Morgan fingerprint density at radius 3 is 2.55 bits per heavy atom. The first kappa shape index (κ1) is 29.6. The molecule has 0 unspecified atom stereocenters. The van der Waals surface area contributed by atoms with E-state index < -0.39 is 17.3 Å². The van der Waals surface area contributed by atoms with E-state index in [0.717, 1.165) is 56.2 Å². The molecule has 1 aliphatic heterocycles. The number of carbonyl (C=O) groups is 1. The summed E-state index contributed by atoms with van der Waals surface area (Å²) in [5, 5.41) is 17.7. The minimum Gasteiger partial charge on any atom is -0.389 e. The van der Waals surface area contributed by atoms with Gasteiger partial charge >= 0.3 is 0 Å². The number of benzene rings is 1. The van der Waals surface area contributed by atoms with Gasteiger partial charge in [-0.2, -0.15) is 5.10 Å². The maximum absolute atomic E-state index is 15.6. The van der Waals surface area contributed by atoms with E-state index in [4.69, 9.17) is 0 Å². The van der Waals surface area contributed by atoms with E-state index in [1.807, 2.05) is 19.1 Å². The summed E-state index contributed by atoms with van der Waals surface area (Å²) in [6, 6.07) is 7.36. The molecule has 1 aromatic carbocycles.